The molecule has 0 saturated heterocycles. The highest BCUT2D eigenvalue weighted by Gasteiger charge is 2.15. The Morgan fingerprint density at radius 2 is 1.58 bits per heavy atom. The van der Waals surface area contributed by atoms with Gasteiger partial charge in [0.05, 0.1) is 10.6 Å². The van der Waals surface area contributed by atoms with Crippen LogP contribution in [-0.4, -0.2) is 20.9 Å². The Kier molecular flexibility index (Phi) is 6.55. The first-order chi connectivity index (χ1) is 14.6. The lowest BCUT2D eigenvalue weighted by molar-refractivity contribution is -0.118. The monoisotopic (exact) mass is 446 g/mol. The lowest BCUT2D eigenvalue weighted by Gasteiger charge is -2.11. The number of carbonyl (C=O) groups excluding carboxylic acids is 1. The Balaban J connectivity index is 1.61. The van der Waals surface area contributed by atoms with Gasteiger partial charge in [-0.2, -0.15) is 0 Å². The number of hydrogen-bond acceptors (Lipinski definition) is 4. The summed E-state index contributed by atoms with van der Waals surface area (Å²) in [5.74, 6) is -1.93. The minimum atomic E-state index is -3.81. The van der Waals surface area contributed by atoms with Crippen molar-refractivity contribution in [3.05, 3.63) is 83.4 Å². The van der Waals surface area contributed by atoms with E-state index in [0.29, 0.717) is 5.69 Å². The number of sulfonamides is 1. The molecule has 9 heteroatoms. The molecule has 2 N–H and O–H groups in total. The number of benzene rings is 3. The summed E-state index contributed by atoms with van der Waals surface area (Å²) >= 11 is 0. The molecule has 0 fully saturated rings. The van der Waals surface area contributed by atoms with E-state index in [0.717, 1.165) is 29.3 Å². The zero-order chi connectivity index (χ0) is 22.6. The molecule has 31 heavy (non-hydrogen) atoms. The molecule has 0 aliphatic heterocycles. The average Bonchev–Trinajstić information content (AvgIpc) is 2.68. The van der Waals surface area contributed by atoms with Gasteiger partial charge >= 0.3 is 0 Å². The molecule has 0 radical (unpaired) electrons. The van der Waals surface area contributed by atoms with Gasteiger partial charge in [-0.15, -0.1) is 0 Å². The van der Waals surface area contributed by atoms with Gasteiger partial charge in [0.1, 0.15) is 17.4 Å². The highest BCUT2D eigenvalue weighted by atomic mass is 32.2. The maximum atomic E-state index is 13.6. The molecule has 0 unspecified atom stereocenters. The van der Waals surface area contributed by atoms with Gasteiger partial charge in [-0.05, 0) is 73.5 Å². The van der Waals surface area contributed by atoms with Gasteiger partial charge < -0.3 is 10.1 Å². The van der Waals surface area contributed by atoms with E-state index in [1.54, 1.807) is 12.1 Å². The van der Waals surface area contributed by atoms with Crippen LogP contribution < -0.4 is 14.8 Å². The predicted octanol–water partition coefficient (Wildman–Crippen LogP) is 4.40. The van der Waals surface area contributed by atoms with Crippen molar-refractivity contribution in [2.24, 2.45) is 0 Å². The SMILES string of the molecule is Cc1cc(C)cc(NS(=O)(=O)c2ccc(OCC(=O)Nc3cc(F)ccc3F)cc2)c1. The minimum absolute atomic E-state index is 0.0188. The molecule has 0 aliphatic carbocycles. The second-order valence-electron chi connectivity index (χ2n) is 6.91. The molecule has 0 atom stereocenters. The zero-order valence-corrected chi connectivity index (χ0v) is 17.6. The maximum absolute atomic E-state index is 13.6. The second kappa shape index (κ2) is 9.13. The molecule has 6 nitrogen and oxygen atoms in total. The van der Waals surface area contributed by atoms with Crippen LogP contribution in [0.15, 0.2) is 65.6 Å². The Bertz CT molecular complexity index is 1190. The second-order valence-corrected chi connectivity index (χ2v) is 8.60. The number of rotatable bonds is 7. The van der Waals surface area contributed by atoms with E-state index in [-0.39, 0.29) is 16.3 Å². The summed E-state index contributed by atoms with van der Waals surface area (Å²) in [4.78, 5) is 11.9. The van der Waals surface area contributed by atoms with E-state index in [1.165, 1.54) is 24.3 Å². The van der Waals surface area contributed by atoms with Crippen LogP contribution in [0.1, 0.15) is 11.1 Å². The highest BCUT2D eigenvalue weighted by molar-refractivity contribution is 7.92. The van der Waals surface area contributed by atoms with Gasteiger partial charge in [-0.3, -0.25) is 9.52 Å². The number of ether oxygens (including phenoxy) is 1. The summed E-state index contributed by atoms with van der Waals surface area (Å²) in [5.41, 5.74) is 2.02. The Hall–Kier alpha value is -3.46. The molecular formula is C22H20F2N2O4S. The van der Waals surface area contributed by atoms with Crippen LogP contribution in [0.3, 0.4) is 0 Å². The number of hydrogen-bond donors (Lipinski definition) is 2. The van der Waals surface area contributed by atoms with E-state index >= 15 is 0 Å². The van der Waals surface area contributed by atoms with Crippen LogP contribution in [-0.2, 0) is 14.8 Å². The molecule has 0 saturated carbocycles. The first-order valence-corrected chi connectivity index (χ1v) is 10.7. The first-order valence-electron chi connectivity index (χ1n) is 9.21. The van der Waals surface area contributed by atoms with Crippen molar-refractivity contribution in [3.63, 3.8) is 0 Å². The summed E-state index contributed by atoms with van der Waals surface area (Å²) in [5, 5.41) is 2.21. The standard InChI is InChI=1S/C22H20F2N2O4S/c1-14-9-15(2)11-17(10-14)26-31(28,29)19-6-4-18(5-7-19)30-13-22(27)25-21-12-16(23)3-8-20(21)24/h3-12,26H,13H2,1-2H3,(H,25,27). The maximum Gasteiger partial charge on any atom is 0.262 e. The first kappa shape index (κ1) is 22.2. The summed E-state index contributed by atoms with van der Waals surface area (Å²) in [6, 6.07) is 13.5. The minimum Gasteiger partial charge on any atom is -0.484 e. The quantitative estimate of drug-likeness (QED) is 0.564. The van der Waals surface area contributed by atoms with Gasteiger partial charge in [-0.1, -0.05) is 6.07 Å². The van der Waals surface area contributed by atoms with E-state index in [1.807, 2.05) is 19.9 Å². The number of nitrogens with one attached hydrogen (secondary N) is 2. The summed E-state index contributed by atoms with van der Waals surface area (Å²) in [6.07, 6.45) is 0. The van der Waals surface area contributed by atoms with Crippen LogP contribution in [0.5, 0.6) is 5.75 Å². The van der Waals surface area contributed by atoms with E-state index in [2.05, 4.69) is 10.0 Å². The fourth-order valence-electron chi connectivity index (χ4n) is 2.89. The fourth-order valence-corrected chi connectivity index (χ4v) is 3.93. The molecule has 162 valence electrons. The lowest BCUT2D eigenvalue weighted by Crippen LogP contribution is -2.21. The van der Waals surface area contributed by atoms with Crippen molar-refractivity contribution >= 4 is 27.3 Å². The number of carbonyl (C=O) groups is 1. The van der Waals surface area contributed by atoms with Crippen LogP contribution in [0.4, 0.5) is 20.2 Å². The van der Waals surface area contributed by atoms with Crippen molar-refractivity contribution in [1.82, 2.24) is 0 Å². The molecule has 0 bridgehead atoms. The fraction of sp³-hybridized carbons (Fsp3) is 0.136. The van der Waals surface area contributed by atoms with Gasteiger partial charge in [0, 0.05) is 11.8 Å². The van der Waals surface area contributed by atoms with Gasteiger partial charge in [-0.25, -0.2) is 17.2 Å². The van der Waals surface area contributed by atoms with Crippen LogP contribution >= 0.6 is 0 Å². The van der Waals surface area contributed by atoms with Crippen molar-refractivity contribution in [1.29, 1.82) is 0 Å². The number of aryl methyl sites for hydroxylation is 2. The number of anilines is 2. The van der Waals surface area contributed by atoms with Crippen molar-refractivity contribution in [3.8, 4) is 5.75 Å². The molecule has 0 heterocycles. The number of halogens is 2. The third-order valence-corrected chi connectivity index (χ3v) is 5.58. The molecule has 3 aromatic rings. The molecule has 0 spiro atoms. The molecule has 0 aromatic heterocycles. The normalized spacial score (nSPS) is 11.1. The van der Waals surface area contributed by atoms with Gasteiger partial charge in [0.2, 0.25) is 0 Å². The van der Waals surface area contributed by atoms with Crippen LogP contribution in [0, 0.1) is 25.5 Å². The zero-order valence-electron chi connectivity index (χ0n) is 16.8. The Morgan fingerprint density at radius 3 is 2.23 bits per heavy atom. The third-order valence-electron chi connectivity index (χ3n) is 4.18. The van der Waals surface area contributed by atoms with E-state index in [4.69, 9.17) is 4.74 Å². The smallest absolute Gasteiger partial charge is 0.262 e. The lowest BCUT2D eigenvalue weighted by atomic mass is 10.1. The average molecular weight is 446 g/mol. The topological polar surface area (TPSA) is 84.5 Å². The van der Waals surface area contributed by atoms with Gasteiger partial charge in [0.25, 0.3) is 15.9 Å². The highest BCUT2D eigenvalue weighted by Crippen LogP contribution is 2.21. The molecule has 0 aliphatic rings. The van der Waals surface area contributed by atoms with E-state index < -0.39 is 34.2 Å². The predicted molar refractivity (Wildman–Crippen MR) is 114 cm³/mol. The van der Waals surface area contributed by atoms with Gasteiger partial charge in [0.15, 0.2) is 6.61 Å². The van der Waals surface area contributed by atoms with Crippen molar-refractivity contribution < 1.29 is 26.7 Å². The molecule has 1 amide bonds. The van der Waals surface area contributed by atoms with Crippen molar-refractivity contribution in [2.75, 3.05) is 16.6 Å². The summed E-state index contributed by atoms with van der Waals surface area (Å²) < 4.78 is 59.7. The Morgan fingerprint density at radius 1 is 0.935 bits per heavy atom. The van der Waals surface area contributed by atoms with Crippen LogP contribution in [0.2, 0.25) is 0 Å². The largest absolute Gasteiger partial charge is 0.484 e. The third kappa shape index (κ3) is 6.02. The van der Waals surface area contributed by atoms with Crippen molar-refractivity contribution in [2.45, 2.75) is 18.7 Å². The summed E-state index contributed by atoms with van der Waals surface area (Å²) in [6.45, 7) is 3.27. The molecule has 3 rings (SSSR count). The Labute approximate surface area is 178 Å². The summed E-state index contributed by atoms with van der Waals surface area (Å²) in [7, 11) is -3.81. The number of amides is 1. The molecular weight excluding hydrogens is 426 g/mol. The van der Waals surface area contributed by atoms with Crippen LogP contribution in [0.25, 0.3) is 0 Å². The van der Waals surface area contributed by atoms with E-state index in [9.17, 15) is 22.0 Å². The molecule has 3 aromatic carbocycles.